The smallest absolute Gasteiger partial charge is 0.407 e. The van der Waals surface area contributed by atoms with E-state index in [1.807, 2.05) is 32.9 Å². The van der Waals surface area contributed by atoms with Crippen molar-refractivity contribution in [3.63, 3.8) is 0 Å². The average molecular weight is 394 g/mol. The van der Waals surface area contributed by atoms with E-state index < -0.39 is 11.7 Å². The maximum Gasteiger partial charge on any atom is 0.407 e. The molecule has 1 atom stereocenters. The largest absolute Gasteiger partial charge is 0.481 e. The van der Waals surface area contributed by atoms with Crippen molar-refractivity contribution in [2.45, 2.75) is 65.1 Å². The van der Waals surface area contributed by atoms with Crippen LogP contribution in [0.4, 0.5) is 4.79 Å². The minimum absolute atomic E-state index is 0.0488. The summed E-state index contributed by atoms with van der Waals surface area (Å²) in [5.41, 5.74) is 0.501. The van der Waals surface area contributed by atoms with Crippen LogP contribution in [0.1, 0.15) is 52.5 Å². The molecule has 0 bridgehead atoms. The van der Waals surface area contributed by atoms with E-state index in [2.05, 4.69) is 32.9 Å². The van der Waals surface area contributed by atoms with Crippen molar-refractivity contribution in [2.24, 2.45) is 4.99 Å². The van der Waals surface area contributed by atoms with Crippen molar-refractivity contribution in [3.8, 4) is 5.88 Å². The van der Waals surface area contributed by atoms with Gasteiger partial charge in [-0.05, 0) is 32.8 Å². The zero-order valence-corrected chi connectivity index (χ0v) is 18.0. The second-order valence-corrected chi connectivity index (χ2v) is 7.50. The van der Waals surface area contributed by atoms with Crippen LogP contribution in [0.25, 0.3) is 0 Å². The normalized spacial score (nSPS) is 12.9. The number of carbonyl (C=O) groups excluding carboxylic acids is 1. The lowest BCUT2D eigenvalue weighted by Crippen LogP contribution is -2.48. The van der Waals surface area contributed by atoms with Crippen LogP contribution in [-0.2, 0) is 11.3 Å². The van der Waals surface area contributed by atoms with E-state index in [-0.39, 0.29) is 6.04 Å². The number of nitrogens with one attached hydrogen (secondary N) is 3. The number of hydrogen-bond donors (Lipinski definition) is 3. The van der Waals surface area contributed by atoms with Gasteiger partial charge in [0.1, 0.15) is 5.60 Å². The van der Waals surface area contributed by atoms with Crippen LogP contribution in [0.15, 0.2) is 23.3 Å². The molecule has 0 aliphatic heterocycles. The maximum absolute atomic E-state index is 11.9. The van der Waals surface area contributed by atoms with Crippen molar-refractivity contribution >= 4 is 12.1 Å². The Labute approximate surface area is 168 Å². The number of unbranched alkanes of at least 4 members (excludes halogenated alkanes) is 1. The first kappa shape index (κ1) is 23.5. The first-order valence-electron chi connectivity index (χ1n) is 9.70. The molecule has 0 saturated heterocycles. The topological polar surface area (TPSA) is 96.9 Å². The van der Waals surface area contributed by atoms with Crippen LogP contribution >= 0.6 is 0 Å². The summed E-state index contributed by atoms with van der Waals surface area (Å²) in [6.45, 7) is 8.72. The molecule has 1 aromatic rings. The van der Waals surface area contributed by atoms with Gasteiger partial charge < -0.3 is 25.4 Å². The standard InChI is InChI=1S/C20H35N5O3/c1-7-8-9-16(14-24-19(26)28-20(2,3)4)25-18(21-5)23-13-15-10-11-17(27-6)22-12-15/h10-12,16H,7-9,13-14H2,1-6H3,(H,24,26)(H2,21,23,25). The second kappa shape index (κ2) is 12.0. The number of amides is 1. The Morgan fingerprint density at radius 1 is 1.29 bits per heavy atom. The van der Waals surface area contributed by atoms with Crippen LogP contribution < -0.4 is 20.7 Å². The Bertz CT molecular complexity index is 611. The van der Waals surface area contributed by atoms with Crippen molar-refractivity contribution < 1.29 is 14.3 Å². The number of alkyl carbamates (subject to hydrolysis) is 1. The highest BCUT2D eigenvalue weighted by Gasteiger charge is 2.18. The Kier molecular flexibility index (Phi) is 10.1. The lowest BCUT2D eigenvalue weighted by molar-refractivity contribution is 0.0523. The van der Waals surface area contributed by atoms with Crippen molar-refractivity contribution in [2.75, 3.05) is 20.7 Å². The third-order valence-electron chi connectivity index (χ3n) is 3.83. The van der Waals surface area contributed by atoms with Gasteiger partial charge in [0.05, 0.1) is 7.11 Å². The van der Waals surface area contributed by atoms with Crippen molar-refractivity contribution in [3.05, 3.63) is 23.9 Å². The van der Waals surface area contributed by atoms with Crippen LogP contribution in [0.5, 0.6) is 5.88 Å². The number of nitrogens with zero attached hydrogens (tertiary/aromatic N) is 2. The SMILES string of the molecule is CCCCC(CNC(=O)OC(C)(C)C)NC(=NC)NCc1ccc(OC)nc1. The van der Waals surface area contributed by atoms with E-state index in [4.69, 9.17) is 9.47 Å². The molecule has 1 aromatic heterocycles. The minimum atomic E-state index is -0.513. The molecule has 0 fully saturated rings. The number of pyridine rings is 1. The molecule has 0 aliphatic rings. The first-order chi connectivity index (χ1) is 13.3. The molecular weight excluding hydrogens is 358 g/mol. The molecule has 28 heavy (non-hydrogen) atoms. The quantitative estimate of drug-likeness (QED) is 0.441. The fourth-order valence-corrected chi connectivity index (χ4v) is 2.41. The monoisotopic (exact) mass is 393 g/mol. The molecule has 0 aromatic carbocycles. The number of hydrogen-bond acceptors (Lipinski definition) is 5. The summed E-state index contributed by atoms with van der Waals surface area (Å²) in [6, 6.07) is 3.82. The molecule has 158 valence electrons. The summed E-state index contributed by atoms with van der Waals surface area (Å²) in [7, 11) is 3.31. The van der Waals surface area contributed by atoms with E-state index in [9.17, 15) is 4.79 Å². The third-order valence-corrected chi connectivity index (χ3v) is 3.83. The zero-order chi connectivity index (χ0) is 21.0. The van der Waals surface area contributed by atoms with Crippen molar-refractivity contribution in [1.82, 2.24) is 20.9 Å². The Morgan fingerprint density at radius 3 is 2.57 bits per heavy atom. The molecule has 0 aliphatic carbocycles. The summed E-state index contributed by atoms with van der Waals surface area (Å²) in [5, 5.41) is 9.48. The summed E-state index contributed by atoms with van der Waals surface area (Å²) >= 11 is 0. The lowest BCUT2D eigenvalue weighted by Gasteiger charge is -2.24. The summed E-state index contributed by atoms with van der Waals surface area (Å²) < 4.78 is 10.4. The molecular formula is C20H35N5O3. The number of aromatic nitrogens is 1. The fraction of sp³-hybridized carbons (Fsp3) is 0.650. The molecule has 1 amide bonds. The van der Waals surface area contributed by atoms with Gasteiger partial charge in [-0.1, -0.05) is 25.8 Å². The number of aliphatic imine (C=N–C) groups is 1. The highest BCUT2D eigenvalue weighted by atomic mass is 16.6. The van der Waals surface area contributed by atoms with E-state index in [0.717, 1.165) is 24.8 Å². The number of carbonyl (C=O) groups is 1. The minimum Gasteiger partial charge on any atom is -0.481 e. The number of guanidine groups is 1. The van der Waals surface area contributed by atoms with Gasteiger partial charge in [0.2, 0.25) is 5.88 Å². The molecule has 3 N–H and O–H groups in total. The number of rotatable bonds is 9. The van der Waals surface area contributed by atoms with Crippen LogP contribution in [0, 0.1) is 0 Å². The highest BCUT2D eigenvalue weighted by Crippen LogP contribution is 2.08. The molecule has 0 radical (unpaired) electrons. The fourth-order valence-electron chi connectivity index (χ4n) is 2.41. The van der Waals surface area contributed by atoms with Gasteiger partial charge in [-0.15, -0.1) is 0 Å². The van der Waals surface area contributed by atoms with E-state index in [1.165, 1.54) is 0 Å². The Hall–Kier alpha value is -2.51. The number of methoxy groups -OCH3 is 1. The number of ether oxygens (including phenoxy) is 2. The molecule has 1 heterocycles. The van der Waals surface area contributed by atoms with Gasteiger partial charge >= 0.3 is 6.09 Å². The van der Waals surface area contributed by atoms with Gasteiger partial charge in [0.25, 0.3) is 0 Å². The van der Waals surface area contributed by atoms with Crippen LogP contribution in [-0.4, -0.2) is 49.4 Å². The zero-order valence-electron chi connectivity index (χ0n) is 18.0. The van der Waals surface area contributed by atoms with E-state index in [0.29, 0.717) is 24.9 Å². The third kappa shape index (κ3) is 9.99. The Balaban J connectivity index is 2.56. The Morgan fingerprint density at radius 2 is 2.04 bits per heavy atom. The van der Waals surface area contributed by atoms with Gasteiger partial charge in [-0.3, -0.25) is 4.99 Å². The molecule has 1 rings (SSSR count). The molecule has 8 nitrogen and oxygen atoms in total. The van der Waals surface area contributed by atoms with Gasteiger partial charge in [-0.2, -0.15) is 0 Å². The summed E-state index contributed by atoms with van der Waals surface area (Å²) in [6.07, 6.45) is 4.39. The molecule has 0 spiro atoms. The lowest BCUT2D eigenvalue weighted by atomic mass is 10.1. The summed E-state index contributed by atoms with van der Waals surface area (Å²) in [4.78, 5) is 20.4. The molecule has 1 unspecified atom stereocenters. The average Bonchev–Trinajstić information content (AvgIpc) is 2.65. The van der Waals surface area contributed by atoms with Crippen LogP contribution in [0.2, 0.25) is 0 Å². The van der Waals surface area contributed by atoms with Gasteiger partial charge in [0.15, 0.2) is 5.96 Å². The summed E-state index contributed by atoms with van der Waals surface area (Å²) in [5.74, 6) is 1.25. The second-order valence-electron chi connectivity index (χ2n) is 7.50. The highest BCUT2D eigenvalue weighted by molar-refractivity contribution is 5.80. The molecule has 8 heteroatoms. The van der Waals surface area contributed by atoms with Gasteiger partial charge in [0, 0.05) is 38.4 Å². The van der Waals surface area contributed by atoms with E-state index in [1.54, 1.807) is 20.4 Å². The van der Waals surface area contributed by atoms with Crippen LogP contribution in [0.3, 0.4) is 0 Å². The van der Waals surface area contributed by atoms with E-state index >= 15 is 0 Å². The first-order valence-corrected chi connectivity index (χ1v) is 9.70. The molecule has 0 saturated carbocycles. The predicted octanol–water partition coefficient (Wildman–Crippen LogP) is 2.84. The van der Waals surface area contributed by atoms with Gasteiger partial charge in [-0.25, -0.2) is 9.78 Å². The van der Waals surface area contributed by atoms with Crippen molar-refractivity contribution in [1.29, 1.82) is 0 Å². The predicted molar refractivity (Wildman–Crippen MR) is 112 cm³/mol. The maximum atomic E-state index is 11.9.